The van der Waals surface area contributed by atoms with E-state index in [4.69, 9.17) is 26.3 Å². The Labute approximate surface area is 86.8 Å². The molecule has 3 nitrogen and oxygen atoms in total. The molecule has 0 unspecified atom stereocenters. The molecule has 1 aliphatic heterocycles. The van der Waals surface area contributed by atoms with Gasteiger partial charge in [0.2, 0.25) is 0 Å². The molecule has 1 fully saturated rings. The quantitative estimate of drug-likeness (QED) is 0.748. The number of hydrogen-bond donors (Lipinski definition) is 0. The Morgan fingerprint density at radius 1 is 1.50 bits per heavy atom. The first kappa shape index (κ1) is 9.32. The standard InChI is InChI=1S/C10H8ClNO2/c11-8-2-1-7(4-12)10(3-8)14-9-5-13-6-9/h1-3,9H,5-6H2. The van der Waals surface area contributed by atoms with Crippen LogP contribution in [0, 0.1) is 11.3 Å². The van der Waals surface area contributed by atoms with E-state index < -0.39 is 0 Å². The van der Waals surface area contributed by atoms with Crippen LogP contribution in [-0.2, 0) is 4.74 Å². The van der Waals surface area contributed by atoms with Crippen molar-refractivity contribution in [2.24, 2.45) is 0 Å². The Bertz CT molecular complexity index is 382. The van der Waals surface area contributed by atoms with Crippen molar-refractivity contribution >= 4 is 11.6 Å². The molecule has 1 heterocycles. The Morgan fingerprint density at radius 3 is 2.86 bits per heavy atom. The molecule has 0 amide bonds. The third kappa shape index (κ3) is 1.82. The summed E-state index contributed by atoms with van der Waals surface area (Å²) >= 11 is 5.80. The highest BCUT2D eigenvalue weighted by molar-refractivity contribution is 6.30. The molecule has 0 aromatic heterocycles. The molecule has 1 aromatic rings. The molecule has 0 atom stereocenters. The number of rotatable bonds is 2. The number of nitriles is 1. The van der Waals surface area contributed by atoms with Crippen molar-refractivity contribution < 1.29 is 9.47 Å². The third-order valence-electron chi connectivity index (χ3n) is 1.97. The van der Waals surface area contributed by atoms with Gasteiger partial charge in [-0.3, -0.25) is 0 Å². The maximum absolute atomic E-state index is 8.81. The van der Waals surface area contributed by atoms with Gasteiger partial charge in [0.25, 0.3) is 0 Å². The van der Waals surface area contributed by atoms with Crippen LogP contribution in [0.2, 0.25) is 5.02 Å². The number of hydrogen-bond acceptors (Lipinski definition) is 3. The van der Waals surface area contributed by atoms with Gasteiger partial charge in [0.1, 0.15) is 17.9 Å². The molecule has 4 heteroatoms. The molecule has 0 N–H and O–H groups in total. The van der Waals surface area contributed by atoms with Crippen LogP contribution in [0.15, 0.2) is 18.2 Å². The van der Waals surface area contributed by atoms with Crippen molar-refractivity contribution in [1.82, 2.24) is 0 Å². The lowest BCUT2D eigenvalue weighted by molar-refractivity contribution is -0.0797. The lowest BCUT2D eigenvalue weighted by Crippen LogP contribution is -2.38. The lowest BCUT2D eigenvalue weighted by Gasteiger charge is -2.27. The molecular weight excluding hydrogens is 202 g/mol. The van der Waals surface area contributed by atoms with Crippen molar-refractivity contribution in [3.63, 3.8) is 0 Å². The minimum absolute atomic E-state index is 0.0561. The van der Waals surface area contributed by atoms with Crippen LogP contribution in [0.4, 0.5) is 0 Å². The maximum Gasteiger partial charge on any atom is 0.145 e. The zero-order valence-corrected chi connectivity index (χ0v) is 8.12. The zero-order valence-electron chi connectivity index (χ0n) is 7.37. The molecule has 1 aliphatic rings. The van der Waals surface area contributed by atoms with Crippen LogP contribution in [0.1, 0.15) is 5.56 Å². The fraction of sp³-hybridized carbons (Fsp3) is 0.300. The second-order valence-corrected chi connectivity index (χ2v) is 3.47. The van der Waals surface area contributed by atoms with E-state index in [1.54, 1.807) is 18.2 Å². The van der Waals surface area contributed by atoms with Gasteiger partial charge >= 0.3 is 0 Å². The van der Waals surface area contributed by atoms with E-state index in [0.717, 1.165) is 0 Å². The largest absolute Gasteiger partial charge is 0.484 e. The van der Waals surface area contributed by atoms with E-state index in [1.165, 1.54) is 0 Å². The van der Waals surface area contributed by atoms with E-state index >= 15 is 0 Å². The molecule has 2 rings (SSSR count). The normalized spacial score (nSPS) is 15.7. The molecule has 0 saturated carbocycles. The zero-order chi connectivity index (χ0) is 9.97. The van der Waals surface area contributed by atoms with Gasteiger partial charge < -0.3 is 9.47 Å². The number of nitrogens with zero attached hydrogens (tertiary/aromatic N) is 1. The van der Waals surface area contributed by atoms with E-state index in [9.17, 15) is 0 Å². The van der Waals surface area contributed by atoms with E-state index in [1.807, 2.05) is 0 Å². The minimum Gasteiger partial charge on any atom is -0.484 e. The Morgan fingerprint density at radius 2 is 2.29 bits per heavy atom. The molecule has 72 valence electrons. The van der Waals surface area contributed by atoms with Crippen molar-refractivity contribution in [3.8, 4) is 11.8 Å². The predicted molar refractivity (Wildman–Crippen MR) is 51.4 cm³/mol. The fourth-order valence-corrected chi connectivity index (χ4v) is 1.31. The summed E-state index contributed by atoms with van der Waals surface area (Å²) in [5, 5.41) is 9.38. The average molecular weight is 210 g/mol. The topological polar surface area (TPSA) is 42.2 Å². The Balaban J connectivity index is 2.21. The van der Waals surface area contributed by atoms with Crippen molar-refractivity contribution in [1.29, 1.82) is 5.26 Å². The summed E-state index contributed by atoms with van der Waals surface area (Å²) in [5.74, 6) is 0.535. The lowest BCUT2D eigenvalue weighted by atomic mass is 10.2. The van der Waals surface area contributed by atoms with Crippen LogP contribution >= 0.6 is 11.6 Å². The van der Waals surface area contributed by atoms with E-state index in [-0.39, 0.29) is 6.10 Å². The SMILES string of the molecule is N#Cc1ccc(Cl)cc1OC1COC1. The van der Waals surface area contributed by atoms with Crippen molar-refractivity contribution in [3.05, 3.63) is 28.8 Å². The number of benzene rings is 1. The number of ether oxygens (including phenoxy) is 2. The van der Waals surface area contributed by atoms with Crippen LogP contribution in [0.5, 0.6) is 5.75 Å². The highest BCUT2D eigenvalue weighted by atomic mass is 35.5. The van der Waals surface area contributed by atoms with Crippen LogP contribution in [-0.4, -0.2) is 19.3 Å². The molecule has 0 bridgehead atoms. The summed E-state index contributed by atoms with van der Waals surface area (Å²) < 4.78 is 10.5. The summed E-state index contributed by atoms with van der Waals surface area (Å²) in [6, 6.07) is 7.02. The van der Waals surface area contributed by atoms with E-state index in [0.29, 0.717) is 29.5 Å². The number of halogens is 1. The smallest absolute Gasteiger partial charge is 0.145 e. The summed E-state index contributed by atoms with van der Waals surface area (Å²) in [6.45, 7) is 1.16. The monoisotopic (exact) mass is 209 g/mol. The summed E-state index contributed by atoms with van der Waals surface area (Å²) in [4.78, 5) is 0. The van der Waals surface area contributed by atoms with Gasteiger partial charge in [0, 0.05) is 11.1 Å². The molecule has 0 aliphatic carbocycles. The summed E-state index contributed by atoms with van der Waals surface area (Å²) in [7, 11) is 0. The van der Waals surface area contributed by atoms with Gasteiger partial charge in [-0.2, -0.15) is 5.26 Å². The van der Waals surface area contributed by atoms with Gasteiger partial charge in [-0.1, -0.05) is 11.6 Å². The van der Waals surface area contributed by atoms with Crippen molar-refractivity contribution in [2.75, 3.05) is 13.2 Å². The summed E-state index contributed by atoms with van der Waals surface area (Å²) in [6.07, 6.45) is 0.0561. The third-order valence-corrected chi connectivity index (χ3v) is 2.20. The first-order valence-electron chi connectivity index (χ1n) is 4.23. The van der Waals surface area contributed by atoms with Gasteiger partial charge in [0.15, 0.2) is 0 Å². The van der Waals surface area contributed by atoms with E-state index in [2.05, 4.69) is 6.07 Å². The second kappa shape index (κ2) is 3.87. The Hall–Kier alpha value is -1.24. The first-order valence-corrected chi connectivity index (χ1v) is 4.61. The van der Waals surface area contributed by atoms with Gasteiger partial charge in [-0.15, -0.1) is 0 Å². The molecule has 0 radical (unpaired) electrons. The highest BCUT2D eigenvalue weighted by Crippen LogP contribution is 2.24. The Kier molecular flexibility index (Phi) is 2.58. The van der Waals surface area contributed by atoms with Gasteiger partial charge in [0.05, 0.1) is 18.8 Å². The molecule has 14 heavy (non-hydrogen) atoms. The fourth-order valence-electron chi connectivity index (χ4n) is 1.15. The van der Waals surface area contributed by atoms with Crippen molar-refractivity contribution in [2.45, 2.75) is 6.10 Å². The average Bonchev–Trinajstić information content (AvgIpc) is 2.12. The minimum atomic E-state index is 0.0561. The van der Waals surface area contributed by atoms with Gasteiger partial charge in [-0.25, -0.2) is 0 Å². The predicted octanol–water partition coefficient (Wildman–Crippen LogP) is 1.99. The molecule has 1 saturated heterocycles. The highest BCUT2D eigenvalue weighted by Gasteiger charge is 2.21. The first-order chi connectivity index (χ1) is 6.79. The second-order valence-electron chi connectivity index (χ2n) is 3.03. The van der Waals surface area contributed by atoms with Crippen LogP contribution in [0.3, 0.4) is 0 Å². The van der Waals surface area contributed by atoms with Gasteiger partial charge in [-0.05, 0) is 12.1 Å². The van der Waals surface area contributed by atoms with Crippen LogP contribution in [0.25, 0.3) is 0 Å². The maximum atomic E-state index is 8.81. The van der Waals surface area contributed by atoms with Crippen LogP contribution < -0.4 is 4.74 Å². The molecular formula is C10H8ClNO2. The molecule has 1 aromatic carbocycles. The summed E-state index contributed by atoms with van der Waals surface area (Å²) in [5.41, 5.74) is 0.501. The molecule has 0 spiro atoms.